The molecule has 0 radical (unpaired) electrons. The van der Waals surface area contributed by atoms with E-state index < -0.39 is 0 Å². The first-order valence-corrected chi connectivity index (χ1v) is 7.48. The molecule has 0 aliphatic heterocycles. The van der Waals surface area contributed by atoms with Crippen molar-refractivity contribution in [1.82, 2.24) is 15.1 Å². The fourth-order valence-electron chi connectivity index (χ4n) is 2.21. The van der Waals surface area contributed by atoms with E-state index in [0.717, 1.165) is 5.69 Å². The van der Waals surface area contributed by atoms with Gasteiger partial charge in [0.1, 0.15) is 5.82 Å². The van der Waals surface area contributed by atoms with E-state index in [2.05, 4.69) is 26.3 Å². The minimum Gasteiger partial charge on any atom is -0.308 e. The third-order valence-corrected chi connectivity index (χ3v) is 3.90. The molecule has 0 bridgehead atoms. The van der Waals surface area contributed by atoms with Gasteiger partial charge in [0.25, 0.3) is 0 Å². The number of rotatable bonds is 4. The van der Waals surface area contributed by atoms with E-state index in [1.54, 1.807) is 19.3 Å². The van der Waals surface area contributed by atoms with E-state index >= 15 is 0 Å². The van der Waals surface area contributed by atoms with Gasteiger partial charge < -0.3 is 5.32 Å². The van der Waals surface area contributed by atoms with Crippen molar-refractivity contribution in [3.63, 3.8) is 0 Å². The van der Waals surface area contributed by atoms with Crippen LogP contribution in [-0.4, -0.2) is 16.8 Å². The molecule has 1 N–H and O–H groups in total. The maximum absolute atomic E-state index is 14.2. The molecular formula is C14H16BrClFN3. The zero-order chi connectivity index (χ0) is 14.9. The predicted octanol–water partition coefficient (Wildman–Crippen LogP) is 4.33. The van der Waals surface area contributed by atoms with Crippen LogP contribution in [0.1, 0.15) is 37.2 Å². The summed E-state index contributed by atoms with van der Waals surface area (Å²) in [6.07, 6.45) is 1.60. The quantitative estimate of drug-likeness (QED) is 0.879. The Balaban J connectivity index is 2.55. The molecule has 2 rings (SSSR count). The Hall–Kier alpha value is -0.910. The van der Waals surface area contributed by atoms with Crippen molar-refractivity contribution in [2.24, 2.45) is 0 Å². The predicted molar refractivity (Wildman–Crippen MR) is 82.6 cm³/mol. The van der Waals surface area contributed by atoms with Gasteiger partial charge in [0.15, 0.2) is 0 Å². The topological polar surface area (TPSA) is 29.9 Å². The van der Waals surface area contributed by atoms with Crippen LogP contribution in [0.2, 0.25) is 5.02 Å². The molecule has 0 saturated carbocycles. The first kappa shape index (κ1) is 15.5. The minimum absolute atomic E-state index is 0.145. The largest absolute Gasteiger partial charge is 0.308 e. The van der Waals surface area contributed by atoms with Gasteiger partial charge in [-0.3, -0.25) is 4.68 Å². The molecule has 1 aromatic heterocycles. The summed E-state index contributed by atoms with van der Waals surface area (Å²) < 4.78 is 16.7. The minimum atomic E-state index is -0.347. The van der Waals surface area contributed by atoms with E-state index in [1.165, 1.54) is 6.07 Å². The smallest absolute Gasteiger partial charge is 0.129 e. The summed E-state index contributed by atoms with van der Waals surface area (Å²) >= 11 is 9.51. The van der Waals surface area contributed by atoms with Crippen LogP contribution in [0.25, 0.3) is 0 Å². The molecule has 6 heteroatoms. The first-order valence-electron chi connectivity index (χ1n) is 6.30. The lowest BCUT2D eigenvalue weighted by Crippen LogP contribution is -2.23. The molecule has 0 saturated heterocycles. The standard InChI is InChI=1S/C14H16BrClFN3/c1-8(2)20-14(11(16)7-19-20)13(18-3)10-5-4-9(15)6-12(10)17/h4-8,13,18H,1-3H3. The summed E-state index contributed by atoms with van der Waals surface area (Å²) in [6.45, 7) is 4.02. The molecule has 0 fully saturated rings. The Morgan fingerprint density at radius 1 is 1.40 bits per heavy atom. The van der Waals surface area contributed by atoms with Crippen LogP contribution in [0.15, 0.2) is 28.9 Å². The van der Waals surface area contributed by atoms with Gasteiger partial charge in [0.2, 0.25) is 0 Å². The number of aromatic nitrogens is 2. The normalized spacial score (nSPS) is 12.9. The second-order valence-electron chi connectivity index (χ2n) is 4.80. The lowest BCUT2D eigenvalue weighted by Gasteiger charge is -2.21. The lowest BCUT2D eigenvalue weighted by atomic mass is 10.0. The second kappa shape index (κ2) is 6.24. The van der Waals surface area contributed by atoms with Crippen LogP contribution in [0.3, 0.4) is 0 Å². The zero-order valence-corrected chi connectivity index (χ0v) is 13.8. The van der Waals surface area contributed by atoms with Crippen LogP contribution in [-0.2, 0) is 0 Å². The highest BCUT2D eigenvalue weighted by Gasteiger charge is 2.24. The van der Waals surface area contributed by atoms with Gasteiger partial charge in [-0.05, 0) is 33.0 Å². The van der Waals surface area contributed by atoms with Crippen molar-refractivity contribution in [1.29, 1.82) is 0 Å². The van der Waals surface area contributed by atoms with Crippen LogP contribution >= 0.6 is 27.5 Å². The molecule has 1 unspecified atom stereocenters. The van der Waals surface area contributed by atoms with E-state index in [0.29, 0.717) is 15.1 Å². The summed E-state index contributed by atoms with van der Waals surface area (Å²) in [5, 5.41) is 7.91. The van der Waals surface area contributed by atoms with E-state index in [9.17, 15) is 4.39 Å². The van der Waals surface area contributed by atoms with Gasteiger partial charge >= 0.3 is 0 Å². The lowest BCUT2D eigenvalue weighted by molar-refractivity contribution is 0.476. The Labute approximate surface area is 131 Å². The van der Waals surface area contributed by atoms with Crippen LogP contribution in [0, 0.1) is 5.82 Å². The van der Waals surface area contributed by atoms with Crippen LogP contribution in [0.5, 0.6) is 0 Å². The first-order chi connectivity index (χ1) is 9.45. The Morgan fingerprint density at radius 3 is 2.65 bits per heavy atom. The molecule has 0 aliphatic carbocycles. The number of nitrogens with zero attached hydrogens (tertiary/aromatic N) is 2. The number of nitrogens with one attached hydrogen (secondary N) is 1. The SMILES string of the molecule is CNC(c1ccc(Br)cc1F)c1c(Cl)cnn1C(C)C. The molecule has 1 heterocycles. The summed E-state index contributed by atoms with van der Waals surface area (Å²) in [6, 6.07) is 4.80. The molecule has 0 amide bonds. The number of benzene rings is 1. The van der Waals surface area contributed by atoms with Crippen molar-refractivity contribution in [2.45, 2.75) is 25.9 Å². The van der Waals surface area contributed by atoms with Crippen molar-refractivity contribution in [3.05, 3.63) is 51.0 Å². The molecule has 2 aromatic rings. The van der Waals surface area contributed by atoms with Crippen molar-refractivity contribution >= 4 is 27.5 Å². The van der Waals surface area contributed by atoms with Gasteiger partial charge in [0.05, 0.1) is 23.0 Å². The van der Waals surface area contributed by atoms with Gasteiger partial charge in [-0.15, -0.1) is 0 Å². The fourth-order valence-corrected chi connectivity index (χ4v) is 2.78. The van der Waals surface area contributed by atoms with Crippen LogP contribution in [0.4, 0.5) is 4.39 Å². The third-order valence-electron chi connectivity index (χ3n) is 3.11. The van der Waals surface area contributed by atoms with Crippen molar-refractivity contribution in [2.75, 3.05) is 7.05 Å². The van der Waals surface area contributed by atoms with Gasteiger partial charge in [-0.2, -0.15) is 5.10 Å². The summed E-state index contributed by atoms with van der Waals surface area (Å²) in [5.74, 6) is -0.286. The molecule has 1 atom stereocenters. The molecule has 0 aliphatic rings. The summed E-state index contributed by atoms with van der Waals surface area (Å²) in [5.41, 5.74) is 1.31. The maximum atomic E-state index is 14.2. The summed E-state index contributed by atoms with van der Waals surface area (Å²) in [7, 11) is 1.78. The molecule has 108 valence electrons. The zero-order valence-electron chi connectivity index (χ0n) is 11.5. The highest BCUT2D eigenvalue weighted by molar-refractivity contribution is 9.10. The molecular weight excluding hydrogens is 345 g/mol. The monoisotopic (exact) mass is 359 g/mol. The average Bonchev–Trinajstić information content (AvgIpc) is 2.75. The average molecular weight is 361 g/mol. The number of hydrogen-bond acceptors (Lipinski definition) is 2. The number of hydrogen-bond donors (Lipinski definition) is 1. The Kier molecular flexibility index (Phi) is 4.83. The van der Waals surface area contributed by atoms with E-state index in [1.807, 2.05) is 24.6 Å². The highest BCUT2D eigenvalue weighted by atomic mass is 79.9. The molecule has 1 aromatic carbocycles. The Morgan fingerprint density at radius 2 is 2.10 bits per heavy atom. The molecule has 20 heavy (non-hydrogen) atoms. The van der Waals surface area contributed by atoms with Crippen molar-refractivity contribution < 1.29 is 4.39 Å². The summed E-state index contributed by atoms with van der Waals surface area (Å²) in [4.78, 5) is 0. The second-order valence-corrected chi connectivity index (χ2v) is 6.13. The van der Waals surface area contributed by atoms with Crippen molar-refractivity contribution in [3.8, 4) is 0 Å². The highest BCUT2D eigenvalue weighted by Crippen LogP contribution is 2.32. The third kappa shape index (κ3) is 2.90. The van der Waals surface area contributed by atoms with Gasteiger partial charge in [-0.1, -0.05) is 33.6 Å². The molecule has 3 nitrogen and oxygen atoms in total. The fraction of sp³-hybridized carbons (Fsp3) is 0.357. The maximum Gasteiger partial charge on any atom is 0.129 e. The van der Waals surface area contributed by atoms with E-state index in [4.69, 9.17) is 11.6 Å². The molecule has 0 spiro atoms. The van der Waals surface area contributed by atoms with Gasteiger partial charge in [-0.25, -0.2) is 4.39 Å². The van der Waals surface area contributed by atoms with E-state index in [-0.39, 0.29) is 17.9 Å². The van der Waals surface area contributed by atoms with Crippen LogP contribution < -0.4 is 5.32 Å². The van der Waals surface area contributed by atoms with Gasteiger partial charge in [0, 0.05) is 16.1 Å². The Bertz CT molecular complexity index is 612. The number of halogens is 3.